The summed E-state index contributed by atoms with van der Waals surface area (Å²) in [6, 6.07) is 8.83. The fraction of sp³-hybridized carbons (Fsp3) is 0.318. The Labute approximate surface area is 200 Å². The number of anilines is 1. The van der Waals surface area contributed by atoms with Crippen LogP contribution >= 0.6 is 34.8 Å². The first-order valence-electron chi connectivity index (χ1n) is 9.90. The average molecular weight is 498 g/mol. The van der Waals surface area contributed by atoms with Crippen molar-refractivity contribution in [2.45, 2.75) is 19.4 Å². The van der Waals surface area contributed by atoms with Crippen molar-refractivity contribution < 1.29 is 9.53 Å². The Bertz CT molecular complexity index is 1200. The first kappa shape index (κ1) is 24.3. The number of halogens is 3. The van der Waals surface area contributed by atoms with Gasteiger partial charge in [-0.25, -0.2) is 9.78 Å². The molecule has 2 aromatic carbocycles. The lowest BCUT2D eigenvalue weighted by Gasteiger charge is -2.30. The molecular weight excluding hydrogens is 475 g/mol. The molecule has 1 heterocycles. The number of hydrogen-bond donors (Lipinski definition) is 1. The number of methoxy groups -OCH3 is 1. The summed E-state index contributed by atoms with van der Waals surface area (Å²) in [6.45, 7) is 2.65. The molecule has 0 saturated heterocycles. The Morgan fingerprint density at radius 2 is 1.88 bits per heavy atom. The topological polar surface area (TPSA) is 76.5 Å². The lowest BCUT2D eigenvalue weighted by atomic mass is 10.2. The van der Waals surface area contributed by atoms with Crippen LogP contribution < -0.4 is 10.9 Å². The van der Waals surface area contributed by atoms with Gasteiger partial charge in [0.05, 0.1) is 27.7 Å². The zero-order chi connectivity index (χ0) is 23.4. The SMILES string of the molecule is COCCCN(C(=O)Nc1ccc(Cl)cc1Cl)C(C)c1nc2cc(Cl)ccc2c(=O)n1C. The van der Waals surface area contributed by atoms with Crippen LogP contribution in [0, 0.1) is 0 Å². The average Bonchev–Trinajstić information content (AvgIpc) is 2.75. The van der Waals surface area contributed by atoms with E-state index >= 15 is 0 Å². The van der Waals surface area contributed by atoms with Crippen LogP contribution in [0.2, 0.25) is 15.1 Å². The van der Waals surface area contributed by atoms with Gasteiger partial charge in [-0.15, -0.1) is 0 Å². The molecule has 0 spiro atoms. The van der Waals surface area contributed by atoms with Crippen LogP contribution in [0.1, 0.15) is 25.2 Å². The molecule has 170 valence electrons. The first-order chi connectivity index (χ1) is 15.2. The number of hydrogen-bond acceptors (Lipinski definition) is 4. The second kappa shape index (κ2) is 10.5. The van der Waals surface area contributed by atoms with Gasteiger partial charge in [0.2, 0.25) is 0 Å². The van der Waals surface area contributed by atoms with E-state index in [0.29, 0.717) is 57.1 Å². The molecule has 10 heteroatoms. The minimum atomic E-state index is -0.529. The molecule has 2 amide bonds. The lowest BCUT2D eigenvalue weighted by molar-refractivity contribution is 0.158. The molecule has 3 rings (SSSR count). The molecule has 32 heavy (non-hydrogen) atoms. The van der Waals surface area contributed by atoms with Crippen molar-refractivity contribution in [3.63, 3.8) is 0 Å². The number of urea groups is 1. The maximum atomic E-state index is 13.2. The van der Waals surface area contributed by atoms with E-state index in [4.69, 9.17) is 39.5 Å². The van der Waals surface area contributed by atoms with Crippen molar-refractivity contribution in [2.24, 2.45) is 7.05 Å². The van der Waals surface area contributed by atoms with Crippen molar-refractivity contribution in [1.82, 2.24) is 14.5 Å². The van der Waals surface area contributed by atoms with Crippen LogP contribution in [0.3, 0.4) is 0 Å². The lowest BCUT2D eigenvalue weighted by Crippen LogP contribution is -2.40. The Morgan fingerprint density at radius 1 is 1.19 bits per heavy atom. The molecule has 1 unspecified atom stereocenters. The van der Waals surface area contributed by atoms with Gasteiger partial charge in [-0.05, 0) is 49.7 Å². The van der Waals surface area contributed by atoms with E-state index in [9.17, 15) is 9.59 Å². The Balaban J connectivity index is 1.98. The standard InChI is InChI=1S/C22H23Cl3N4O3/c1-13(20-26-19-12-15(24)5-7-16(19)21(30)28(20)2)29(9-4-10-32-3)22(31)27-18-8-6-14(23)11-17(18)25/h5-8,11-13H,4,9-10H2,1-3H3,(H,27,31). The second-order valence-electron chi connectivity index (χ2n) is 7.27. The third-order valence-electron chi connectivity index (χ3n) is 5.10. The zero-order valence-corrected chi connectivity index (χ0v) is 20.1. The summed E-state index contributed by atoms with van der Waals surface area (Å²) < 4.78 is 6.59. The minimum absolute atomic E-state index is 0.216. The highest BCUT2D eigenvalue weighted by Gasteiger charge is 2.26. The van der Waals surface area contributed by atoms with E-state index in [-0.39, 0.29) is 5.56 Å². The number of aromatic nitrogens is 2. The molecule has 0 fully saturated rings. The van der Waals surface area contributed by atoms with Crippen molar-refractivity contribution in [2.75, 3.05) is 25.6 Å². The van der Waals surface area contributed by atoms with Gasteiger partial charge < -0.3 is 15.0 Å². The van der Waals surface area contributed by atoms with Crippen LogP contribution in [-0.2, 0) is 11.8 Å². The normalized spacial score (nSPS) is 12.1. The molecule has 0 aliphatic rings. The second-order valence-corrected chi connectivity index (χ2v) is 8.55. The quantitative estimate of drug-likeness (QED) is 0.436. The smallest absolute Gasteiger partial charge is 0.322 e. The molecule has 0 aliphatic carbocycles. The highest BCUT2D eigenvalue weighted by atomic mass is 35.5. The molecule has 7 nitrogen and oxygen atoms in total. The highest BCUT2D eigenvalue weighted by Crippen LogP contribution is 2.27. The molecule has 1 N–H and O–H groups in total. The van der Waals surface area contributed by atoms with Gasteiger partial charge in [0, 0.05) is 37.4 Å². The van der Waals surface area contributed by atoms with Crippen molar-refractivity contribution in [1.29, 1.82) is 0 Å². The van der Waals surface area contributed by atoms with E-state index in [2.05, 4.69) is 10.3 Å². The summed E-state index contributed by atoms with van der Waals surface area (Å²) in [6.07, 6.45) is 0.593. The van der Waals surface area contributed by atoms with E-state index in [1.54, 1.807) is 55.5 Å². The van der Waals surface area contributed by atoms with Crippen molar-refractivity contribution in [3.8, 4) is 0 Å². The Morgan fingerprint density at radius 3 is 2.56 bits per heavy atom. The molecular formula is C22H23Cl3N4O3. The zero-order valence-electron chi connectivity index (χ0n) is 17.9. The summed E-state index contributed by atoms with van der Waals surface area (Å²) in [5.41, 5.74) is 0.684. The van der Waals surface area contributed by atoms with Gasteiger partial charge in [0.15, 0.2) is 0 Å². The predicted octanol–water partition coefficient (Wildman–Crippen LogP) is 5.53. The largest absolute Gasteiger partial charge is 0.385 e. The van der Waals surface area contributed by atoms with Gasteiger partial charge in [-0.3, -0.25) is 9.36 Å². The number of nitrogens with one attached hydrogen (secondary N) is 1. The molecule has 0 saturated carbocycles. The molecule has 0 aliphatic heterocycles. The summed E-state index contributed by atoms with van der Waals surface area (Å²) >= 11 is 18.3. The first-order valence-corrected chi connectivity index (χ1v) is 11.0. The highest BCUT2D eigenvalue weighted by molar-refractivity contribution is 6.36. The van der Waals surface area contributed by atoms with Gasteiger partial charge in [0.1, 0.15) is 5.82 Å². The number of nitrogens with zero attached hydrogens (tertiary/aromatic N) is 3. The van der Waals surface area contributed by atoms with Crippen LogP contribution in [0.4, 0.5) is 10.5 Å². The third-order valence-corrected chi connectivity index (χ3v) is 5.88. The van der Waals surface area contributed by atoms with Crippen LogP contribution in [0.25, 0.3) is 10.9 Å². The molecule has 3 aromatic rings. The number of carbonyl (C=O) groups excluding carboxylic acids is 1. The maximum Gasteiger partial charge on any atom is 0.322 e. The van der Waals surface area contributed by atoms with Crippen LogP contribution in [0.5, 0.6) is 0 Å². The number of rotatable bonds is 7. The number of amides is 2. The predicted molar refractivity (Wildman–Crippen MR) is 129 cm³/mol. The van der Waals surface area contributed by atoms with Gasteiger partial charge in [0.25, 0.3) is 5.56 Å². The van der Waals surface area contributed by atoms with E-state index in [1.165, 1.54) is 4.57 Å². The van der Waals surface area contributed by atoms with E-state index < -0.39 is 12.1 Å². The van der Waals surface area contributed by atoms with Crippen molar-refractivity contribution >= 4 is 57.4 Å². The summed E-state index contributed by atoms with van der Waals surface area (Å²) in [5, 5.41) is 4.53. The monoisotopic (exact) mass is 496 g/mol. The molecule has 1 aromatic heterocycles. The molecule has 0 bridgehead atoms. The number of ether oxygens (including phenoxy) is 1. The third kappa shape index (κ3) is 5.35. The fourth-order valence-corrected chi connectivity index (χ4v) is 4.02. The molecule has 0 radical (unpaired) electrons. The number of carbonyl (C=O) groups is 1. The van der Waals surface area contributed by atoms with Crippen LogP contribution in [-0.4, -0.2) is 40.7 Å². The summed E-state index contributed by atoms with van der Waals surface area (Å²) in [7, 11) is 3.23. The Hall–Kier alpha value is -2.32. The summed E-state index contributed by atoms with van der Waals surface area (Å²) in [5.74, 6) is 0.430. The van der Waals surface area contributed by atoms with E-state index in [1.807, 2.05) is 6.92 Å². The maximum absolute atomic E-state index is 13.2. The van der Waals surface area contributed by atoms with Gasteiger partial charge in [-0.2, -0.15) is 0 Å². The molecule has 1 atom stereocenters. The number of fused-ring (bicyclic) bond motifs is 1. The van der Waals surface area contributed by atoms with E-state index in [0.717, 1.165) is 0 Å². The summed E-state index contributed by atoms with van der Waals surface area (Å²) in [4.78, 5) is 32.3. The minimum Gasteiger partial charge on any atom is -0.385 e. The van der Waals surface area contributed by atoms with Crippen molar-refractivity contribution in [3.05, 3.63) is 67.6 Å². The van der Waals surface area contributed by atoms with Crippen LogP contribution in [0.15, 0.2) is 41.2 Å². The Kier molecular flexibility index (Phi) is 8.00. The van der Waals surface area contributed by atoms with Gasteiger partial charge in [-0.1, -0.05) is 34.8 Å². The fourth-order valence-electron chi connectivity index (χ4n) is 3.40. The van der Waals surface area contributed by atoms with Gasteiger partial charge >= 0.3 is 6.03 Å². The number of benzene rings is 2.